The van der Waals surface area contributed by atoms with Gasteiger partial charge in [0.15, 0.2) is 0 Å². The Labute approximate surface area is 121 Å². The number of nitrogens with zero attached hydrogens (tertiary/aromatic N) is 1. The van der Waals surface area contributed by atoms with Crippen LogP contribution in [0.25, 0.3) is 0 Å². The van der Waals surface area contributed by atoms with Crippen LogP contribution in [0.15, 0.2) is 24.3 Å². The summed E-state index contributed by atoms with van der Waals surface area (Å²) in [7, 11) is 3.02. The molecule has 0 radical (unpaired) electrons. The van der Waals surface area contributed by atoms with Gasteiger partial charge in [0.05, 0.1) is 18.7 Å². The summed E-state index contributed by atoms with van der Waals surface area (Å²) in [5.74, 6) is -0.275. The smallest absolute Gasteiger partial charge is 0.383 e. The second-order valence-electron chi connectivity index (χ2n) is 4.57. The van der Waals surface area contributed by atoms with Crippen molar-refractivity contribution < 1.29 is 22.7 Å². The van der Waals surface area contributed by atoms with Crippen molar-refractivity contribution in [2.45, 2.75) is 12.7 Å². The highest BCUT2D eigenvalue weighted by atomic mass is 19.4. The molecule has 118 valence electrons. The van der Waals surface area contributed by atoms with Gasteiger partial charge in [-0.15, -0.1) is 0 Å². The predicted molar refractivity (Wildman–Crippen MR) is 72.7 cm³/mol. The summed E-state index contributed by atoms with van der Waals surface area (Å²) in [6.45, 7) is 0.956. The van der Waals surface area contributed by atoms with E-state index in [1.54, 1.807) is 7.11 Å². The highest BCUT2D eigenvalue weighted by molar-refractivity contribution is 5.78. The molecule has 1 aromatic carbocycles. The number of alkyl halides is 3. The lowest BCUT2D eigenvalue weighted by atomic mass is 10.1. The van der Waals surface area contributed by atoms with Crippen LogP contribution in [-0.4, -0.2) is 44.7 Å². The molecular weight excluding hydrogens is 285 g/mol. The molecule has 0 unspecified atom stereocenters. The number of carbonyl (C=O) groups excluding carboxylic acids is 1. The van der Waals surface area contributed by atoms with Gasteiger partial charge in [-0.05, 0) is 11.6 Å². The van der Waals surface area contributed by atoms with E-state index in [9.17, 15) is 18.0 Å². The Bertz CT molecular complexity index is 464. The number of amides is 1. The van der Waals surface area contributed by atoms with Gasteiger partial charge in [-0.25, -0.2) is 0 Å². The minimum absolute atomic E-state index is 0.0635. The van der Waals surface area contributed by atoms with Crippen LogP contribution in [-0.2, 0) is 22.3 Å². The van der Waals surface area contributed by atoms with Gasteiger partial charge in [-0.3, -0.25) is 4.79 Å². The summed E-state index contributed by atoms with van der Waals surface area (Å²) in [4.78, 5) is 13.1. The summed E-state index contributed by atoms with van der Waals surface area (Å²) >= 11 is 0. The molecule has 1 amide bonds. The van der Waals surface area contributed by atoms with Crippen molar-refractivity contribution in [1.29, 1.82) is 0 Å². The number of halogens is 3. The van der Waals surface area contributed by atoms with Gasteiger partial charge in [0, 0.05) is 27.2 Å². The quantitative estimate of drug-likeness (QED) is 0.782. The molecule has 0 saturated heterocycles. The molecule has 0 saturated carbocycles. The Balaban J connectivity index is 2.62. The van der Waals surface area contributed by atoms with Gasteiger partial charge >= 0.3 is 6.18 Å². The maximum atomic E-state index is 12.9. The number of benzene rings is 1. The van der Waals surface area contributed by atoms with Crippen LogP contribution in [0.4, 0.5) is 13.2 Å². The standard InChI is InChI=1S/C14H19F3N2O2/c1-19(13(20)9-18-7-8-21-2)10-11-5-3-4-6-12(11)14(15,16)17/h3-6,18H,7-10H2,1-2H3. The first kappa shape index (κ1) is 17.5. The zero-order valence-electron chi connectivity index (χ0n) is 12.0. The van der Waals surface area contributed by atoms with E-state index in [0.29, 0.717) is 13.2 Å². The van der Waals surface area contributed by atoms with Crippen molar-refractivity contribution >= 4 is 5.91 Å². The van der Waals surface area contributed by atoms with Crippen molar-refractivity contribution in [2.24, 2.45) is 0 Å². The highest BCUT2D eigenvalue weighted by Crippen LogP contribution is 2.32. The Hall–Kier alpha value is -1.60. The van der Waals surface area contributed by atoms with Crippen molar-refractivity contribution in [1.82, 2.24) is 10.2 Å². The van der Waals surface area contributed by atoms with Gasteiger partial charge in [-0.1, -0.05) is 18.2 Å². The molecule has 0 spiro atoms. The molecule has 0 aromatic heterocycles. The summed E-state index contributed by atoms with van der Waals surface area (Å²) in [6.07, 6.45) is -4.42. The summed E-state index contributed by atoms with van der Waals surface area (Å²) in [6, 6.07) is 5.26. The number of nitrogens with one attached hydrogen (secondary N) is 1. The molecule has 0 fully saturated rings. The normalized spacial score (nSPS) is 11.5. The fourth-order valence-electron chi connectivity index (χ4n) is 1.78. The second-order valence-corrected chi connectivity index (χ2v) is 4.57. The minimum Gasteiger partial charge on any atom is -0.383 e. The molecular formula is C14H19F3N2O2. The third-order valence-corrected chi connectivity index (χ3v) is 2.92. The number of methoxy groups -OCH3 is 1. The average molecular weight is 304 g/mol. The summed E-state index contributed by atoms with van der Waals surface area (Å²) < 4.78 is 43.4. The third-order valence-electron chi connectivity index (χ3n) is 2.92. The summed E-state index contributed by atoms with van der Waals surface area (Å²) in [5, 5.41) is 2.86. The van der Waals surface area contributed by atoms with E-state index in [1.807, 2.05) is 0 Å². The fraction of sp³-hybridized carbons (Fsp3) is 0.500. The molecule has 21 heavy (non-hydrogen) atoms. The zero-order valence-corrected chi connectivity index (χ0v) is 12.0. The largest absolute Gasteiger partial charge is 0.416 e. The van der Waals surface area contributed by atoms with Gasteiger partial charge in [0.25, 0.3) is 0 Å². The van der Waals surface area contributed by atoms with Crippen LogP contribution in [0.1, 0.15) is 11.1 Å². The first-order valence-corrected chi connectivity index (χ1v) is 6.45. The monoisotopic (exact) mass is 304 g/mol. The Kier molecular flexibility index (Phi) is 6.64. The first-order valence-electron chi connectivity index (χ1n) is 6.45. The molecule has 0 aliphatic heterocycles. The number of ether oxygens (including phenoxy) is 1. The molecule has 1 aromatic rings. The molecule has 1 N–H and O–H groups in total. The van der Waals surface area contributed by atoms with Crippen LogP contribution in [0.5, 0.6) is 0 Å². The van der Waals surface area contributed by atoms with E-state index in [-0.39, 0.29) is 24.6 Å². The Morgan fingerprint density at radius 2 is 2.00 bits per heavy atom. The van der Waals surface area contributed by atoms with E-state index < -0.39 is 11.7 Å². The van der Waals surface area contributed by atoms with Crippen LogP contribution < -0.4 is 5.32 Å². The molecule has 0 aliphatic rings. The summed E-state index contributed by atoms with van der Waals surface area (Å²) in [5.41, 5.74) is -0.630. The number of rotatable bonds is 7. The van der Waals surface area contributed by atoms with Gasteiger partial charge in [0.1, 0.15) is 0 Å². The van der Waals surface area contributed by atoms with Crippen molar-refractivity contribution in [2.75, 3.05) is 33.9 Å². The Morgan fingerprint density at radius 1 is 1.33 bits per heavy atom. The van der Waals surface area contributed by atoms with E-state index in [0.717, 1.165) is 6.07 Å². The molecule has 7 heteroatoms. The predicted octanol–water partition coefficient (Wildman–Crippen LogP) is 1.90. The third kappa shape index (κ3) is 5.73. The van der Waals surface area contributed by atoms with Crippen LogP contribution in [0.3, 0.4) is 0 Å². The lowest BCUT2D eigenvalue weighted by molar-refractivity contribution is -0.139. The van der Waals surface area contributed by atoms with E-state index >= 15 is 0 Å². The minimum atomic E-state index is -4.42. The van der Waals surface area contributed by atoms with Gasteiger partial charge in [-0.2, -0.15) is 13.2 Å². The van der Waals surface area contributed by atoms with Crippen molar-refractivity contribution in [3.63, 3.8) is 0 Å². The molecule has 0 aliphatic carbocycles. The van der Waals surface area contributed by atoms with E-state index in [4.69, 9.17) is 4.74 Å². The highest BCUT2D eigenvalue weighted by Gasteiger charge is 2.33. The van der Waals surface area contributed by atoms with Crippen LogP contribution in [0.2, 0.25) is 0 Å². The topological polar surface area (TPSA) is 41.6 Å². The van der Waals surface area contributed by atoms with Gasteiger partial charge in [0.2, 0.25) is 5.91 Å². The number of carbonyl (C=O) groups is 1. The molecule has 0 heterocycles. The first-order chi connectivity index (χ1) is 9.86. The van der Waals surface area contributed by atoms with Crippen LogP contribution in [0, 0.1) is 0 Å². The molecule has 4 nitrogen and oxygen atoms in total. The maximum Gasteiger partial charge on any atom is 0.416 e. The second kappa shape index (κ2) is 7.99. The van der Waals surface area contributed by atoms with Crippen molar-refractivity contribution in [3.05, 3.63) is 35.4 Å². The lowest BCUT2D eigenvalue weighted by Crippen LogP contribution is -2.36. The Morgan fingerprint density at radius 3 is 2.62 bits per heavy atom. The average Bonchev–Trinajstić information content (AvgIpc) is 2.42. The van der Waals surface area contributed by atoms with Crippen LogP contribution >= 0.6 is 0 Å². The molecule has 1 rings (SSSR count). The lowest BCUT2D eigenvalue weighted by Gasteiger charge is -2.20. The molecule has 0 atom stereocenters. The maximum absolute atomic E-state index is 12.9. The van der Waals surface area contributed by atoms with Gasteiger partial charge < -0.3 is 15.0 Å². The van der Waals surface area contributed by atoms with E-state index in [1.165, 1.54) is 30.1 Å². The molecule has 0 bridgehead atoms. The van der Waals surface area contributed by atoms with E-state index in [2.05, 4.69) is 5.32 Å². The number of hydrogen-bond acceptors (Lipinski definition) is 3. The number of hydrogen-bond donors (Lipinski definition) is 1. The zero-order chi connectivity index (χ0) is 15.9. The number of likely N-dealkylation sites (N-methyl/N-ethyl adjacent to an activating group) is 1. The SMILES string of the molecule is COCCNCC(=O)N(C)Cc1ccccc1C(F)(F)F. The fourth-order valence-corrected chi connectivity index (χ4v) is 1.78. The van der Waals surface area contributed by atoms with Crippen molar-refractivity contribution in [3.8, 4) is 0 Å².